The van der Waals surface area contributed by atoms with Gasteiger partial charge in [0.15, 0.2) is 5.69 Å². The monoisotopic (exact) mass is 280 g/mol. The molecule has 5 N–H and O–H groups in total. The minimum Gasteiger partial charge on any atom is -0.395 e. The van der Waals surface area contributed by atoms with Gasteiger partial charge in [-0.25, -0.2) is 0 Å². The maximum absolute atomic E-state index is 12.0. The van der Waals surface area contributed by atoms with Gasteiger partial charge in [0.05, 0.1) is 17.0 Å². The molecule has 1 heterocycles. The van der Waals surface area contributed by atoms with E-state index in [4.69, 9.17) is 5.73 Å². The molecule has 1 aromatic rings. The van der Waals surface area contributed by atoms with Gasteiger partial charge in [-0.1, -0.05) is 13.3 Å². The zero-order valence-electron chi connectivity index (χ0n) is 12.2. The van der Waals surface area contributed by atoms with Gasteiger partial charge in [-0.05, 0) is 38.5 Å². The summed E-state index contributed by atoms with van der Waals surface area (Å²) in [5.41, 5.74) is 6.22. The Kier molecular flexibility index (Phi) is 4.32. The highest BCUT2D eigenvalue weighted by atomic mass is 16.3. The second kappa shape index (κ2) is 5.83. The molecule has 1 aliphatic rings. The molecule has 112 valence electrons. The van der Waals surface area contributed by atoms with Crippen molar-refractivity contribution >= 4 is 11.6 Å². The molecule has 2 rings (SSSR count). The van der Waals surface area contributed by atoms with Crippen LogP contribution in [0.15, 0.2) is 0 Å². The highest BCUT2D eigenvalue weighted by Crippen LogP contribution is 2.33. The summed E-state index contributed by atoms with van der Waals surface area (Å²) in [5, 5.41) is 19.8. The van der Waals surface area contributed by atoms with Crippen molar-refractivity contribution in [2.45, 2.75) is 51.6 Å². The van der Waals surface area contributed by atoms with E-state index in [1.807, 2.05) is 0 Å². The van der Waals surface area contributed by atoms with E-state index in [1.165, 1.54) is 0 Å². The molecule has 1 fully saturated rings. The van der Waals surface area contributed by atoms with E-state index in [0.29, 0.717) is 17.3 Å². The Balaban J connectivity index is 1.89. The van der Waals surface area contributed by atoms with E-state index in [1.54, 1.807) is 6.92 Å². The molecule has 0 saturated heterocycles. The summed E-state index contributed by atoms with van der Waals surface area (Å²) < 4.78 is 0. The molecule has 1 amide bonds. The van der Waals surface area contributed by atoms with Gasteiger partial charge >= 0.3 is 0 Å². The standard InChI is InChI=1S/C14H24N4O2/c1-3-10-4-6-14(20,7-5-10)8-16-13(19)12-11(15)9(2)17-18-12/h10,20H,3-8,15H2,1-2H3,(H,16,19)(H,17,18). The van der Waals surface area contributed by atoms with Crippen LogP contribution in [0.2, 0.25) is 0 Å². The van der Waals surface area contributed by atoms with Crippen molar-refractivity contribution in [2.75, 3.05) is 12.3 Å². The summed E-state index contributed by atoms with van der Waals surface area (Å²) in [6.07, 6.45) is 4.67. The van der Waals surface area contributed by atoms with E-state index in [2.05, 4.69) is 22.4 Å². The molecule has 6 heteroatoms. The van der Waals surface area contributed by atoms with E-state index in [9.17, 15) is 9.90 Å². The smallest absolute Gasteiger partial charge is 0.274 e. The Morgan fingerprint density at radius 2 is 2.20 bits per heavy atom. The SMILES string of the molecule is CCC1CCC(O)(CNC(=O)c2n[nH]c(C)c2N)CC1. The second-order valence-electron chi connectivity index (χ2n) is 5.87. The van der Waals surface area contributed by atoms with Crippen LogP contribution in [-0.4, -0.2) is 33.4 Å². The molecular formula is C14H24N4O2. The number of H-pyrrole nitrogens is 1. The van der Waals surface area contributed by atoms with Crippen LogP contribution in [0.4, 0.5) is 5.69 Å². The fraction of sp³-hybridized carbons (Fsp3) is 0.714. The summed E-state index contributed by atoms with van der Waals surface area (Å²) in [4.78, 5) is 12.0. The van der Waals surface area contributed by atoms with Crippen molar-refractivity contribution in [3.05, 3.63) is 11.4 Å². The minimum absolute atomic E-state index is 0.202. The molecule has 1 aromatic heterocycles. The zero-order chi connectivity index (χ0) is 14.8. The van der Waals surface area contributed by atoms with Gasteiger partial charge in [0.1, 0.15) is 0 Å². The van der Waals surface area contributed by atoms with Crippen LogP contribution < -0.4 is 11.1 Å². The number of hydrogen-bond donors (Lipinski definition) is 4. The number of carbonyl (C=O) groups is 1. The molecule has 0 unspecified atom stereocenters. The van der Waals surface area contributed by atoms with E-state index in [-0.39, 0.29) is 18.1 Å². The number of anilines is 1. The average molecular weight is 280 g/mol. The van der Waals surface area contributed by atoms with Crippen LogP contribution in [0.3, 0.4) is 0 Å². The zero-order valence-corrected chi connectivity index (χ0v) is 12.2. The van der Waals surface area contributed by atoms with Crippen molar-refractivity contribution in [3.8, 4) is 0 Å². The Morgan fingerprint density at radius 1 is 1.55 bits per heavy atom. The molecule has 0 spiro atoms. The van der Waals surface area contributed by atoms with Gasteiger partial charge < -0.3 is 16.2 Å². The number of aromatic amines is 1. The molecule has 1 aliphatic carbocycles. The Bertz CT molecular complexity index is 476. The molecule has 0 aromatic carbocycles. The third kappa shape index (κ3) is 3.12. The van der Waals surface area contributed by atoms with Crippen molar-refractivity contribution in [3.63, 3.8) is 0 Å². The van der Waals surface area contributed by atoms with Gasteiger partial charge in [0, 0.05) is 6.54 Å². The Morgan fingerprint density at radius 3 is 2.70 bits per heavy atom. The quantitative estimate of drug-likeness (QED) is 0.668. The number of rotatable bonds is 4. The number of nitrogen functional groups attached to an aromatic ring is 1. The number of amides is 1. The van der Waals surface area contributed by atoms with Gasteiger partial charge in [0.2, 0.25) is 0 Å². The van der Waals surface area contributed by atoms with Crippen molar-refractivity contribution in [2.24, 2.45) is 5.92 Å². The first-order chi connectivity index (χ1) is 9.45. The Labute approximate surface area is 119 Å². The van der Waals surface area contributed by atoms with E-state index >= 15 is 0 Å². The lowest BCUT2D eigenvalue weighted by atomic mass is 9.78. The first-order valence-electron chi connectivity index (χ1n) is 7.26. The van der Waals surface area contributed by atoms with E-state index in [0.717, 1.165) is 32.1 Å². The minimum atomic E-state index is -0.790. The predicted molar refractivity (Wildman–Crippen MR) is 77.3 cm³/mol. The Hall–Kier alpha value is -1.56. The van der Waals surface area contributed by atoms with Gasteiger partial charge in [-0.2, -0.15) is 5.10 Å². The van der Waals surface area contributed by atoms with Crippen LogP contribution in [0.5, 0.6) is 0 Å². The summed E-state index contributed by atoms with van der Waals surface area (Å²) in [6.45, 7) is 4.20. The number of aryl methyl sites for hydroxylation is 1. The summed E-state index contributed by atoms with van der Waals surface area (Å²) in [5.74, 6) is 0.369. The van der Waals surface area contributed by atoms with Crippen molar-refractivity contribution in [1.29, 1.82) is 0 Å². The topological polar surface area (TPSA) is 104 Å². The molecule has 1 saturated carbocycles. The third-order valence-corrected chi connectivity index (χ3v) is 4.40. The average Bonchev–Trinajstić information content (AvgIpc) is 2.78. The normalized spacial score (nSPS) is 26.4. The molecule has 20 heavy (non-hydrogen) atoms. The molecule has 0 radical (unpaired) electrons. The number of aromatic nitrogens is 2. The fourth-order valence-corrected chi connectivity index (χ4v) is 2.74. The number of hydrogen-bond acceptors (Lipinski definition) is 4. The predicted octanol–water partition coefficient (Wildman–Crippen LogP) is 1.36. The summed E-state index contributed by atoms with van der Waals surface area (Å²) in [7, 11) is 0. The number of aliphatic hydroxyl groups is 1. The lowest BCUT2D eigenvalue weighted by Gasteiger charge is -2.35. The second-order valence-corrected chi connectivity index (χ2v) is 5.87. The van der Waals surface area contributed by atoms with Crippen LogP contribution >= 0.6 is 0 Å². The number of nitrogens with zero attached hydrogens (tertiary/aromatic N) is 1. The van der Waals surface area contributed by atoms with Crippen molar-refractivity contribution in [1.82, 2.24) is 15.5 Å². The van der Waals surface area contributed by atoms with Crippen LogP contribution in [-0.2, 0) is 0 Å². The lowest BCUT2D eigenvalue weighted by molar-refractivity contribution is -0.00789. The fourth-order valence-electron chi connectivity index (χ4n) is 2.74. The maximum atomic E-state index is 12.0. The van der Waals surface area contributed by atoms with Crippen LogP contribution in [0, 0.1) is 12.8 Å². The number of carbonyl (C=O) groups excluding carboxylic acids is 1. The van der Waals surface area contributed by atoms with Gasteiger partial charge in [0.25, 0.3) is 5.91 Å². The molecular weight excluding hydrogens is 256 g/mol. The summed E-state index contributed by atoms with van der Waals surface area (Å²) in [6, 6.07) is 0. The summed E-state index contributed by atoms with van der Waals surface area (Å²) >= 11 is 0. The highest BCUT2D eigenvalue weighted by molar-refractivity contribution is 5.97. The number of nitrogens with two attached hydrogens (primary N) is 1. The van der Waals surface area contributed by atoms with Crippen LogP contribution in [0.25, 0.3) is 0 Å². The molecule has 0 aliphatic heterocycles. The van der Waals surface area contributed by atoms with Gasteiger partial charge in [-0.15, -0.1) is 0 Å². The first-order valence-corrected chi connectivity index (χ1v) is 7.26. The third-order valence-electron chi connectivity index (χ3n) is 4.40. The van der Waals surface area contributed by atoms with Gasteiger partial charge in [-0.3, -0.25) is 9.89 Å². The number of nitrogens with one attached hydrogen (secondary N) is 2. The largest absolute Gasteiger partial charge is 0.395 e. The van der Waals surface area contributed by atoms with Crippen LogP contribution in [0.1, 0.15) is 55.2 Å². The molecule has 0 bridgehead atoms. The lowest BCUT2D eigenvalue weighted by Crippen LogP contribution is -2.45. The van der Waals surface area contributed by atoms with E-state index < -0.39 is 5.60 Å². The van der Waals surface area contributed by atoms with Crippen molar-refractivity contribution < 1.29 is 9.90 Å². The first kappa shape index (κ1) is 14.8. The molecule has 6 nitrogen and oxygen atoms in total. The molecule has 0 atom stereocenters. The highest BCUT2D eigenvalue weighted by Gasteiger charge is 2.33. The maximum Gasteiger partial charge on any atom is 0.274 e.